The van der Waals surface area contributed by atoms with E-state index in [4.69, 9.17) is 4.74 Å². The number of aromatic nitrogens is 4. The van der Waals surface area contributed by atoms with Crippen molar-refractivity contribution < 1.29 is 9.53 Å². The van der Waals surface area contributed by atoms with Gasteiger partial charge in [0, 0.05) is 7.05 Å². The molecule has 0 bridgehead atoms. The fraction of sp³-hybridized carbons (Fsp3) is 0.190. The lowest BCUT2D eigenvalue weighted by Gasteiger charge is -2.06. The first kappa shape index (κ1) is 17.8. The second-order valence-electron chi connectivity index (χ2n) is 6.31. The van der Waals surface area contributed by atoms with Crippen LogP contribution in [0.1, 0.15) is 23.2 Å². The predicted octanol–water partition coefficient (Wildman–Crippen LogP) is 3.09. The van der Waals surface area contributed by atoms with Crippen molar-refractivity contribution in [3.05, 3.63) is 72.3 Å². The van der Waals surface area contributed by atoms with Gasteiger partial charge in [0.2, 0.25) is 0 Å². The maximum absolute atomic E-state index is 12.8. The van der Waals surface area contributed by atoms with E-state index < -0.39 is 0 Å². The van der Waals surface area contributed by atoms with Crippen molar-refractivity contribution in [2.24, 2.45) is 7.05 Å². The van der Waals surface area contributed by atoms with E-state index in [-0.39, 0.29) is 11.6 Å². The highest BCUT2D eigenvalue weighted by Crippen LogP contribution is 2.20. The number of nitrogens with zero attached hydrogens (tertiary/aromatic N) is 4. The Morgan fingerprint density at radius 3 is 2.61 bits per heavy atom. The monoisotopic (exact) mass is 375 g/mol. The quantitative estimate of drug-likeness (QED) is 0.562. The van der Waals surface area contributed by atoms with E-state index in [2.05, 4.69) is 15.4 Å². The first-order valence-corrected chi connectivity index (χ1v) is 9.13. The SMILES string of the molecule is CCOc1cn(-c2ccccc2)nc1C(=O)NCc1nc2ccccc2n1C. The van der Waals surface area contributed by atoms with Crippen LogP contribution in [0.3, 0.4) is 0 Å². The minimum Gasteiger partial charge on any atom is -0.490 e. The molecule has 28 heavy (non-hydrogen) atoms. The number of carbonyl (C=O) groups excluding carboxylic acids is 1. The summed E-state index contributed by atoms with van der Waals surface area (Å²) in [7, 11) is 1.94. The van der Waals surface area contributed by atoms with Crippen molar-refractivity contribution in [1.29, 1.82) is 0 Å². The number of nitrogens with one attached hydrogen (secondary N) is 1. The highest BCUT2D eigenvalue weighted by atomic mass is 16.5. The van der Waals surface area contributed by atoms with Crippen LogP contribution in [0.2, 0.25) is 0 Å². The van der Waals surface area contributed by atoms with E-state index in [0.29, 0.717) is 18.9 Å². The van der Waals surface area contributed by atoms with Gasteiger partial charge in [-0.2, -0.15) is 5.10 Å². The zero-order valence-corrected chi connectivity index (χ0v) is 15.8. The lowest BCUT2D eigenvalue weighted by Crippen LogP contribution is -2.25. The van der Waals surface area contributed by atoms with Crippen LogP contribution < -0.4 is 10.1 Å². The second kappa shape index (κ2) is 7.56. The average Bonchev–Trinajstić information content (AvgIpc) is 3.29. The number of ether oxygens (including phenoxy) is 1. The topological polar surface area (TPSA) is 74.0 Å². The van der Waals surface area contributed by atoms with Crippen LogP contribution in [-0.4, -0.2) is 31.8 Å². The summed E-state index contributed by atoms with van der Waals surface area (Å²) in [6.07, 6.45) is 1.73. The number of amides is 1. The zero-order valence-electron chi connectivity index (χ0n) is 15.8. The molecular weight excluding hydrogens is 354 g/mol. The number of fused-ring (bicyclic) bond motifs is 1. The number of carbonyl (C=O) groups is 1. The lowest BCUT2D eigenvalue weighted by atomic mass is 10.3. The fourth-order valence-electron chi connectivity index (χ4n) is 3.09. The minimum atomic E-state index is -0.301. The molecule has 0 aliphatic carbocycles. The smallest absolute Gasteiger partial charge is 0.276 e. The van der Waals surface area contributed by atoms with Crippen molar-refractivity contribution >= 4 is 16.9 Å². The number of imidazole rings is 1. The Morgan fingerprint density at radius 2 is 1.86 bits per heavy atom. The van der Waals surface area contributed by atoms with Gasteiger partial charge in [0.1, 0.15) is 5.82 Å². The molecule has 0 atom stereocenters. The van der Waals surface area contributed by atoms with Gasteiger partial charge >= 0.3 is 0 Å². The molecular formula is C21H21N5O2. The molecule has 0 unspecified atom stereocenters. The Bertz CT molecular complexity index is 1110. The molecule has 0 spiro atoms. The van der Waals surface area contributed by atoms with Crippen LogP contribution in [0, 0.1) is 0 Å². The van der Waals surface area contributed by atoms with Gasteiger partial charge < -0.3 is 14.6 Å². The number of hydrogen-bond donors (Lipinski definition) is 1. The van der Waals surface area contributed by atoms with Crippen LogP contribution in [-0.2, 0) is 13.6 Å². The third-order valence-corrected chi connectivity index (χ3v) is 4.50. The summed E-state index contributed by atoms with van der Waals surface area (Å²) in [5, 5.41) is 7.33. The summed E-state index contributed by atoms with van der Waals surface area (Å²) in [6.45, 7) is 2.63. The Labute approximate surface area is 162 Å². The Balaban J connectivity index is 1.57. The van der Waals surface area contributed by atoms with Crippen molar-refractivity contribution in [1.82, 2.24) is 24.6 Å². The molecule has 0 radical (unpaired) electrons. The molecule has 2 aromatic carbocycles. The molecule has 1 N–H and O–H groups in total. The Morgan fingerprint density at radius 1 is 1.11 bits per heavy atom. The van der Waals surface area contributed by atoms with Crippen molar-refractivity contribution in [2.45, 2.75) is 13.5 Å². The standard InChI is InChI=1S/C21H21N5O2/c1-3-28-18-14-26(15-9-5-4-6-10-15)24-20(18)21(27)22-13-19-23-16-11-7-8-12-17(16)25(19)2/h4-12,14H,3,13H2,1-2H3,(H,22,27). The molecule has 4 rings (SSSR count). The van der Waals surface area contributed by atoms with E-state index in [1.54, 1.807) is 10.9 Å². The third kappa shape index (κ3) is 3.34. The molecule has 142 valence electrons. The largest absolute Gasteiger partial charge is 0.490 e. The van der Waals surface area contributed by atoms with Gasteiger partial charge in [0.05, 0.1) is 36.1 Å². The summed E-state index contributed by atoms with van der Waals surface area (Å²) in [6, 6.07) is 17.5. The number of rotatable bonds is 6. The average molecular weight is 375 g/mol. The summed E-state index contributed by atoms with van der Waals surface area (Å²) < 4.78 is 9.24. The summed E-state index contributed by atoms with van der Waals surface area (Å²) in [5.41, 5.74) is 3.04. The molecule has 7 nitrogen and oxygen atoms in total. The van der Waals surface area contributed by atoms with E-state index in [9.17, 15) is 4.79 Å². The maximum atomic E-state index is 12.8. The molecule has 2 aromatic heterocycles. The highest BCUT2D eigenvalue weighted by Gasteiger charge is 2.19. The molecule has 1 amide bonds. The first-order valence-electron chi connectivity index (χ1n) is 9.13. The molecule has 7 heteroatoms. The van der Waals surface area contributed by atoms with Crippen molar-refractivity contribution in [3.63, 3.8) is 0 Å². The first-order chi connectivity index (χ1) is 13.7. The van der Waals surface area contributed by atoms with Gasteiger partial charge in [-0.1, -0.05) is 30.3 Å². The summed E-state index contributed by atoms with van der Waals surface area (Å²) in [4.78, 5) is 17.4. The molecule has 0 aliphatic heterocycles. The van der Waals surface area contributed by atoms with Crippen molar-refractivity contribution in [2.75, 3.05) is 6.61 Å². The van der Waals surface area contributed by atoms with Crippen molar-refractivity contribution in [3.8, 4) is 11.4 Å². The second-order valence-corrected chi connectivity index (χ2v) is 6.31. The number of para-hydroxylation sites is 3. The van der Waals surface area contributed by atoms with Gasteiger partial charge in [-0.25, -0.2) is 9.67 Å². The minimum absolute atomic E-state index is 0.254. The van der Waals surface area contributed by atoms with Gasteiger partial charge in [0.25, 0.3) is 5.91 Å². The highest BCUT2D eigenvalue weighted by molar-refractivity contribution is 5.95. The molecule has 0 aliphatic rings. The normalized spacial score (nSPS) is 10.9. The Kier molecular flexibility index (Phi) is 4.80. The fourth-order valence-corrected chi connectivity index (χ4v) is 3.09. The maximum Gasteiger partial charge on any atom is 0.276 e. The van der Waals surface area contributed by atoms with Crippen LogP contribution in [0.25, 0.3) is 16.7 Å². The van der Waals surface area contributed by atoms with E-state index in [0.717, 1.165) is 22.5 Å². The zero-order chi connectivity index (χ0) is 19.5. The number of benzene rings is 2. The van der Waals surface area contributed by atoms with E-state index >= 15 is 0 Å². The molecule has 0 fully saturated rings. The van der Waals surface area contributed by atoms with Gasteiger partial charge in [0.15, 0.2) is 11.4 Å². The number of hydrogen-bond acceptors (Lipinski definition) is 4. The molecule has 2 heterocycles. The Hall–Kier alpha value is -3.61. The summed E-state index contributed by atoms with van der Waals surface area (Å²) >= 11 is 0. The number of aryl methyl sites for hydroxylation is 1. The third-order valence-electron chi connectivity index (χ3n) is 4.50. The van der Waals surface area contributed by atoms with E-state index in [1.807, 2.05) is 73.1 Å². The molecule has 4 aromatic rings. The molecule has 0 saturated heterocycles. The lowest BCUT2D eigenvalue weighted by molar-refractivity contribution is 0.0940. The predicted molar refractivity (Wildman–Crippen MR) is 107 cm³/mol. The van der Waals surface area contributed by atoms with Crippen LogP contribution in [0.4, 0.5) is 0 Å². The van der Waals surface area contributed by atoms with Gasteiger partial charge in [-0.15, -0.1) is 0 Å². The molecule has 0 saturated carbocycles. The summed E-state index contributed by atoms with van der Waals surface area (Å²) in [5.74, 6) is 0.925. The van der Waals surface area contributed by atoms with Gasteiger partial charge in [-0.3, -0.25) is 4.79 Å². The van der Waals surface area contributed by atoms with Crippen LogP contribution in [0.15, 0.2) is 60.8 Å². The van der Waals surface area contributed by atoms with Gasteiger partial charge in [-0.05, 0) is 31.2 Å². The van der Waals surface area contributed by atoms with Crippen LogP contribution >= 0.6 is 0 Å². The van der Waals surface area contributed by atoms with E-state index in [1.165, 1.54) is 0 Å². The van der Waals surface area contributed by atoms with Crippen LogP contribution in [0.5, 0.6) is 5.75 Å².